The third kappa shape index (κ3) is 3.08. The Hall–Kier alpha value is -2.96. The molecular formula is C13H13N5O2. The molecular weight excluding hydrogens is 258 g/mol. The van der Waals surface area contributed by atoms with Crippen LogP contribution in [-0.2, 0) is 0 Å². The number of nitro groups is 1. The maximum Gasteiger partial charge on any atom is 0.353 e. The summed E-state index contributed by atoms with van der Waals surface area (Å²) in [5.41, 5.74) is 0.516. The molecule has 20 heavy (non-hydrogen) atoms. The molecule has 0 bridgehead atoms. The van der Waals surface area contributed by atoms with Crippen LogP contribution < -0.4 is 10.6 Å². The third-order valence-corrected chi connectivity index (χ3v) is 2.46. The fraction of sp³-hybridized carbons (Fsp3) is 0.0769. The zero-order valence-corrected chi connectivity index (χ0v) is 10.6. The first-order valence-electron chi connectivity index (χ1n) is 5.88. The van der Waals surface area contributed by atoms with E-state index in [1.165, 1.54) is 6.33 Å². The van der Waals surface area contributed by atoms with Crippen molar-refractivity contribution in [2.75, 3.05) is 17.2 Å². The van der Waals surface area contributed by atoms with E-state index in [1.54, 1.807) is 18.2 Å². The Kier molecular flexibility index (Phi) is 4.23. The van der Waals surface area contributed by atoms with Crippen LogP contribution in [0, 0.1) is 10.1 Å². The molecule has 0 atom stereocenters. The molecule has 0 aliphatic heterocycles. The summed E-state index contributed by atoms with van der Waals surface area (Å²) in [5, 5.41) is 16.9. The van der Waals surface area contributed by atoms with E-state index in [-0.39, 0.29) is 17.3 Å². The lowest BCUT2D eigenvalue weighted by atomic mass is 10.3. The van der Waals surface area contributed by atoms with Gasteiger partial charge < -0.3 is 10.6 Å². The van der Waals surface area contributed by atoms with E-state index in [0.717, 1.165) is 0 Å². The van der Waals surface area contributed by atoms with Crippen LogP contribution in [0.15, 0.2) is 49.3 Å². The molecule has 7 nitrogen and oxygen atoms in total. The number of para-hydroxylation sites is 1. The average Bonchev–Trinajstić information content (AvgIpc) is 2.46. The predicted octanol–water partition coefficient (Wildman–Crippen LogP) is 2.73. The highest BCUT2D eigenvalue weighted by Crippen LogP contribution is 2.30. The first-order chi connectivity index (χ1) is 9.72. The lowest BCUT2D eigenvalue weighted by Crippen LogP contribution is -2.08. The number of hydrogen-bond acceptors (Lipinski definition) is 6. The standard InChI is InChI=1S/C13H13N5O2/c1-2-8-14-12-11(18(19)20)13(16-9-15-12)17-10-6-4-3-5-7-10/h2-7,9H,1,8H2,(H2,14,15,16,17). The number of nitrogens with zero attached hydrogens (tertiary/aromatic N) is 3. The Morgan fingerprint density at radius 2 is 1.95 bits per heavy atom. The second-order valence-electron chi connectivity index (χ2n) is 3.84. The number of nitrogens with one attached hydrogen (secondary N) is 2. The summed E-state index contributed by atoms with van der Waals surface area (Å²) < 4.78 is 0. The highest BCUT2D eigenvalue weighted by Gasteiger charge is 2.22. The molecule has 0 amide bonds. The Balaban J connectivity index is 2.36. The lowest BCUT2D eigenvalue weighted by molar-refractivity contribution is -0.383. The molecule has 102 valence electrons. The van der Waals surface area contributed by atoms with Crippen LogP contribution in [0.1, 0.15) is 0 Å². The summed E-state index contributed by atoms with van der Waals surface area (Å²) >= 11 is 0. The molecule has 0 unspecified atom stereocenters. The average molecular weight is 271 g/mol. The topological polar surface area (TPSA) is 93.0 Å². The van der Waals surface area contributed by atoms with Crippen molar-refractivity contribution in [2.45, 2.75) is 0 Å². The van der Waals surface area contributed by atoms with Crippen molar-refractivity contribution in [3.05, 3.63) is 59.4 Å². The first-order valence-corrected chi connectivity index (χ1v) is 5.88. The Labute approximate surface area is 115 Å². The van der Waals surface area contributed by atoms with Crippen LogP contribution in [-0.4, -0.2) is 21.4 Å². The monoisotopic (exact) mass is 271 g/mol. The Morgan fingerprint density at radius 1 is 1.25 bits per heavy atom. The summed E-state index contributed by atoms with van der Waals surface area (Å²) in [4.78, 5) is 18.5. The van der Waals surface area contributed by atoms with Gasteiger partial charge in [-0.3, -0.25) is 10.1 Å². The molecule has 0 radical (unpaired) electrons. The van der Waals surface area contributed by atoms with Crippen molar-refractivity contribution in [2.24, 2.45) is 0 Å². The molecule has 2 rings (SSSR count). The van der Waals surface area contributed by atoms with Crippen molar-refractivity contribution >= 4 is 23.0 Å². The van der Waals surface area contributed by atoms with E-state index in [4.69, 9.17) is 0 Å². The summed E-state index contributed by atoms with van der Waals surface area (Å²) in [5.74, 6) is 0.297. The van der Waals surface area contributed by atoms with E-state index in [1.807, 2.05) is 18.2 Å². The highest BCUT2D eigenvalue weighted by molar-refractivity contribution is 5.73. The van der Waals surface area contributed by atoms with Crippen LogP contribution in [0.3, 0.4) is 0 Å². The van der Waals surface area contributed by atoms with E-state index >= 15 is 0 Å². The molecule has 1 aromatic heterocycles. The lowest BCUT2D eigenvalue weighted by Gasteiger charge is -2.08. The molecule has 1 heterocycles. The summed E-state index contributed by atoms with van der Waals surface area (Å²) in [6, 6.07) is 9.10. The number of hydrogen-bond donors (Lipinski definition) is 2. The molecule has 0 saturated carbocycles. The highest BCUT2D eigenvalue weighted by atomic mass is 16.6. The number of anilines is 3. The molecule has 0 aliphatic rings. The van der Waals surface area contributed by atoms with Crippen LogP contribution in [0.5, 0.6) is 0 Å². The number of aromatic nitrogens is 2. The zero-order chi connectivity index (χ0) is 14.4. The van der Waals surface area contributed by atoms with Gasteiger partial charge in [0.05, 0.1) is 4.92 Å². The van der Waals surface area contributed by atoms with Crippen LogP contribution in [0.2, 0.25) is 0 Å². The third-order valence-electron chi connectivity index (χ3n) is 2.46. The van der Waals surface area contributed by atoms with Crippen molar-refractivity contribution < 1.29 is 4.92 Å². The van der Waals surface area contributed by atoms with Crippen molar-refractivity contribution in [1.82, 2.24) is 9.97 Å². The van der Waals surface area contributed by atoms with Crippen LogP contribution in [0.25, 0.3) is 0 Å². The van der Waals surface area contributed by atoms with Gasteiger partial charge in [0.1, 0.15) is 6.33 Å². The molecule has 0 fully saturated rings. The largest absolute Gasteiger partial charge is 0.361 e. The molecule has 7 heteroatoms. The van der Waals surface area contributed by atoms with Crippen molar-refractivity contribution in [3.8, 4) is 0 Å². The van der Waals surface area contributed by atoms with Gasteiger partial charge in [0.25, 0.3) is 0 Å². The van der Waals surface area contributed by atoms with Crippen LogP contribution >= 0.6 is 0 Å². The van der Waals surface area contributed by atoms with Gasteiger partial charge in [0.2, 0.25) is 11.6 Å². The maximum atomic E-state index is 11.2. The molecule has 0 saturated heterocycles. The molecule has 2 aromatic rings. The zero-order valence-electron chi connectivity index (χ0n) is 10.6. The van der Waals surface area contributed by atoms with E-state index in [0.29, 0.717) is 12.2 Å². The van der Waals surface area contributed by atoms with Gasteiger partial charge in [-0.05, 0) is 12.1 Å². The van der Waals surface area contributed by atoms with Gasteiger partial charge >= 0.3 is 5.69 Å². The van der Waals surface area contributed by atoms with Crippen LogP contribution in [0.4, 0.5) is 23.0 Å². The summed E-state index contributed by atoms with van der Waals surface area (Å²) in [6.07, 6.45) is 2.86. The smallest absolute Gasteiger partial charge is 0.353 e. The SMILES string of the molecule is C=CCNc1ncnc(Nc2ccccc2)c1[N+](=O)[O-]. The first kappa shape index (κ1) is 13.5. The summed E-state index contributed by atoms with van der Waals surface area (Å²) in [7, 11) is 0. The minimum atomic E-state index is -0.517. The second-order valence-corrected chi connectivity index (χ2v) is 3.84. The molecule has 2 N–H and O–H groups in total. The minimum Gasteiger partial charge on any atom is -0.361 e. The van der Waals surface area contributed by atoms with Gasteiger partial charge in [0, 0.05) is 12.2 Å². The normalized spacial score (nSPS) is 9.80. The number of rotatable bonds is 6. The van der Waals surface area contributed by atoms with Gasteiger partial charge in [-0.15, -0.1) is 6.58 Å². The Bertz CT molecular complexity index is 615. The van der Waals surface area contributed by atoms with Gasteiger partial charge in [-0.2, -0.15) is 0 Å². The van der Waals surface area contributed by atoms with Gasteiger partial charge in [-0.25, -0.2) is 9.97 Å². The van der Waals surface area contributed by atoms with Gasteiger partial charge in [0.15, 0.2) is 0 Å². The Morgan fingerprint density at radius 3 is 2.60 bits per heavy atom. The quantitative estimate of drug-likeness (QED) is 0.476. The number of benzene rings is 1. The van der Waals surface area contributed by atoms with Crippen molar-refractivity contribution in [1.29, 1.82) is 0 Å². The summed E-state index contributed by atoms with van der Waals surface area (Å²) in [6.45, 7) is 3.93. The van der Waals surface area contributed by atoms with E-state index in [2.05, 4.69) is 27.2 Å². The molecule has 1 aromatic carbocycles. The predicted molar refractivity (Wildman–Crippen MR) is 77.1 cm³/mol. The second kappa shape index (κ2) is 6.28. The maximum absolute atomic E-state index is 11.2. The molecule has 0 aliphatic carbocycles. The fourth-order valence-corrected chi connectivity index (χ4v) is 1.60. The van der Waals surface area contributed by atoms with E-state index < -0.39 is 4.92 Å². The van der Waals surface area contributed by atoms with Crippen molar-refractivity contribution in [3.63, 3.8) is 0 Å². The fourth-order valence-electron chi connectivity index (χ4n) is 1.60. The minimum absolute atomic E-state index is 0.141. The molecule has 0 spiro atoms. The van der Waals surface area contributed by atoms with Gasteiger partial charge in [-0.1, -0.05) is 24.3 Å². The van der Waals surface area contributed by atoms with E-state index in [9.17, 15) is 10.1 Å².